The molecular formula is C12H18N2O. The molecule has 0 aromatic heterocycles. The number of aliphatic imine (C=N–C) groups is 1. The van der Waals surface area contributed by atoms with E-state index in [4.69, 9.17) is 0 Å². The van der Waals surface area contributed by atoms with E-state index in [1.807, 2.05) is 0 Å². The summed E-state index contributed by atoms with van der Waals surface area (Å²) in [5, 5.41) is 2.95. The van der Waals surface area contributed by atoms with E-state index >= 15 is 0 Å². The van der Waals surface area contributed by atoms with Gasteiger partial charge in [-0.3, -0.25) is 9.79 Å². The molecule has 82 valence electrons. The average Bonchev–Trinajstić information content (AvgIpc) is 2.42. The van der Waals surface area contributed by atoms with Gasteiger partial charge in [0, 0.05) is 12.1 Å². The van der Waals surface area contributed by atoms with Crippen LogP contribution in [0.4, 0.5) is 0 Å². The van der Waals surface area contributed by atoms with Crippen molar-refractivity contribution in [2.24, 2.45) is 10.4 Å². The highest BCUT2D eigenvalue weighted by Gasteiger charge is 2.36. The molecule has 0 aliphatic carbocycles. The molecular weight excluding hydrogens is 188 g/mol. The van der Waals surface area contributed by atoms with Crippen molar-refractivity contribution < 1.29 is 4.79 Å². The zero-order valence-corrected chi connectivity index (χ0v) is 9.42. The molecule has 0 fully saturated rings. The number of carbonyl (C=O) groups is 1. The number of nitrogens with one attached hydrogen (secondary N) is 1. The first-order valence-corrected chi connectivity index (χ1v) is 5.06. The smallest absolute Gasteiger partial charge is 0.163 e. The van der Waals surface area contributed by atoms with Crippen LogP contribution in [-0.4, -0.2) is 18.0 Å². The third kappa shape index (κ3) is 2.78. The summed E-state index contributed by atoms with van der Waals surface area (Å²) >= 11 is 0. The Hall–Kier alpha value is -1.38. The average molecular weight is 206 g/mol. The minimum absolute atomic E-state index is 0.0437. The Morgan fingerprint density at radius 1 is 1.73 bits per heavy atom. The zero-order chi connectivity index (χ0) is 11.5. The predicted octanol–water partition coefficient (Wildman–Crippen LogP) is 2.06. The number of hydrogen-bond donors (Lipinski definition) is 1. The third-order valence-electron chi connectivity index (χ3n) is 2.74. The molecule has 1 unspecified atom stereocenters. The molecule has 1 aliphatic heterocycles. The Morgan fingerprint density at radius 3 is 2.87 bits per heavy atom. The highest BCUT2D eigenvalue weighted by Crippen LogP contribution is 2.36. The minimum Gasteiger partial charge on any atom is -0.366 e. The monoisotopic (exact) mass is 206 g/mol. The van der Waals surface area contributed by atoms with Crippen molar-refractivity contribution in [3.05, 3.63) is 25.1 Å². The Labute approximate surface area is 91.0 Å². The number of aldehydes is 1. The van der Waals surface area contributed by atoms with Gasteiger partial charge in [-0.25, -0.2) is 0 Å². The van der Waals surface area contributed by atoms with Crippen LogP contribution in [0, 0.1) is 5.41 Å². The summed E-state index contributed by atoms with van der Waals surface area (Å²) < 4.78 is 0. The van der Waals surface area contributed by atoms with Gasteiger partial charge >= 0.3 is 0 Å². The molecule has 0 spiro atoms. The summed E-state index contributed by atoms with van der Waals surface area (Å²) in [4.78, 5) is 15.1. The molecule has 0 radical (unpaired) electrons. The van der Waals surface area contributed by atoms with Crippen molar-refractivity contribution >= 4 is 12.0 Å². The van der Waals surface area contributed by atoms with Crippen molar-refractivity contribution in [2.75, 3.05) is 0 Å². The Bertz CT molecular complexity index is 316. The van der Waals surface area contributed by atoms with Gasteiger partial charge in [0.05, 0.1) is 11.8 Å². The van der Waals surface area contributed by atoms with Crippen LogP contribution in [0.5, 0.6) is 0 Å². The van der Waals surface area contributed by atoms with E-state index < -0.39 is 0 Å². The number of rotatable bonds is 5. The van der Waals surface area contributed by atoms with Crippen molar-refractivity contribution in [3.63, 3.8) is 0 Å². The summed E-state index contributed by atoms with van der Waals surface area (Å²) in [6, 6.07) is 0.137. The Morgan fingerprint density at radius 2 is 2.40 bits per heavy atom. The Kier molecular flexibility index (Phi) is 3.45. The van der Waals surface area contributed by atoms with Gasteiger partial charge in [-0.05, 0) is 18.0 Å². The Balaban J connectivity index is 2.67. The fraction of sp³-hybridized carbons (Fsp3) is 0.500. The van der Waals surface area contributed by atoms with E-state index in [0.717, 1.165) is 24.8 Å². The lowest BCUT2D eigenvalue weighted by Crippen LogP contribution is -2.25. The fourth-order valence-electron chi connectivity index (χ4n) is 1.84. The lowest BCUT2D eigenvalue weighted by atomic mass is 9.81. The van der Waals surface area contributed by atoms with Crippen LogP contribution in [-0.2, 0) is 4.79 Å². The largest absolute Gasteiger partial charge is 0.366 e. The molecule has 1 N–H and O–H groups in total. The van der Waals surface area contributed by atoms with Gasteiger partial charge < -0.3 is 5.32 Å². The molecule has 1 rings (SSSR count). The molecule has 1 heterocycles. The first kappa shape index (κ1) is 11.7. The second-order valence-corrected chi connectivity index (χ2v) is 4.58. The highest BCUT2D eigenvalue weighted by molar-refractivity contribution is 6.29. The van der Waals surface area contributed by atoms with Crippen molar-refractivity contribution in [1.82, 2.24) is 5.32 Å². The number of hydrogen-bond acceptors (Lipinski definition) is 3. The van der Waals surface area contributed by atoms with Gasteiger partial charge in [-0.2, -0.15) is 0 Å². The SMILES string of the molecule is C=CNC(=C)CC1N=C(C=O)CC1(C)C. The van der Waals surface area contributed by atoms with Gasteiger partial charge in [0.2, 0.25) is 0 Å². The van der Waals surface area contributed by atoms with Crippen LogP contribution in [0.3, 0.4) is 0 Å². The molecule has 0 amide bonds. The van der Waals surface area contributed by atoms with E-state index in [-0.39, 0.29) is 11.5 Å². The minimum atomic E-state index is 0.0437. The summed E-state index contributed by atoms with van der Waals surface area (Å²) in [5.41, 5.74) is 1.59. The van der Waals surface area contributed by atoms with Gasteiger partial charge in [0.25, 0.3) is 0 Å². The van der Waals surface area contributed by atoms with Crippen LogP contribution in [0.15, 0.2) is 30.0 Å². The predicted molar refractivity (Wildman–Crippen MR) is 62.8 cm³/mol. The van der Waals surface area contributed by atoms with Crippen LogP contribution >= 0.6 is 0 Å². The van der Waals surface area contributed by atoms with E-state index in [9.17, 15) is 4.79 Å². The zero-order valence-electron chi connectivity index (χ0n) is 9.42. The molecule has 3 nitrogen and oxygen atoms in total. The lowest BCUT2D eigenvalue weighted by molar-refractivity contribution is -0.102. The van der Waals surface area contributed by atoms with Gasteiger partial charge in [0.15, 0.2) is 6.29 Å². The van der Waals surface area contributed by atoms with Gasteiger partial charge in [-0.15, -0.1) is 0 Å². The van der Waals surface area contributed by atoms with E-state index in [2.05, 4.69) is 37.3 Å². The van der Waals surface area contributed by atoms with Gasteiger partial charge in [0.1, 0.15) is 0 Å². The summed E-state index contributed by atoms with van der Waals surface area (Å²) in [6.45, 7) is 11.7. The molecule has 1 atom stereocenters. The van der Waals surface area contributed by atoms with E-state index in [1.165, 1.54) is 0 Å². The molecule has 0 aromatic carbocycles. The first-order valence-electron chi connectivity index (χ1n) is 5.06. The summed E-state index contributed by atoms with van der Waals surface area (Å²) in [6.07, 6.45) is 3.96. The molecule has 1 aliphatic rings. The first-order chi connectivity index (χ1) is 6.99. The number of carbonyl (C=O) groups excluding carboxylic acids is 1. The van der Waals surface area contributed by atoms with E-state index in [0.29, 0.717) is 5.71 Å². The second-order valence-electron chi connectivity index (χ2n) is 4.58. The lowest BCUT2D eigenvalue weighted by Gasteiger charge is -2.25. The summed E-state index contributed by atoms with van der Waals surface area (Å²) in [7, 11) is 0. The van der Waals surface area contributed by atoms with Crippen LogP contribution < -0.4 is 5.32 Å². The standard InChI is InChI=1S/C12H18N2O/c1-5-13-9(2)6-11-12(3,4)7-10(8-15)14-11/h5,8,11,13H,1-2,6-7H2,3-4H3. The quantitative estimate of drug-likeness (QED) is 0.699. The maximum Gasteiger partial charge on any atom is 0.163 e. The summed E-state index contributed by atoms with van der Waals surface area (Å²) in [5.74, 6) is 0. The topological polar surface area (TPSA) is 41.5 Å². The fourth-order valence-corrected chi connectivity index (χ4v) is 1.84. The van der Waals surface area contributed by atoms with Crippen LogP contribution in [0.25, 0.3) is 0 Å². The molecule has 15 heavy (non-hydrogen) atoms. The second kappa shape index (κ2) is 4.43. The third-order valence-corrected chi connectivity index (χ3v) is 2.74. The van der Waals surface area contributed by atoms with Crippen LogP contribution in [0.1, 0.15) is 26.7 Å². The maximum absolute atomic E-state index is 10.7. The highest BCUT2D eigenvalue weighted by atomic mass is 16.1. The van der Waals surface area contributed by atoms with Crippen molar-refractivity contribution in [1.29, 1.82) is 0 Å². The number of nitrogens with zero attached hydrogens (tertiary/aromatic N) is 1. The normalized spacial score (nSPS) is 23.1. The van der Waals surface area contributed by atoms with Crippen molar-refractivity contribution in [2.45, 2.75) is 32.7 Å². The molecule has 3 heteroatoms. The van der Waals surface area contributed by atoms with Gasteiger partial charge in [-0.1, -0.05) is 27.0 Å². The van der Waals surface area contributed by atoms with Crippen LogP contribution in [0.2, 0.25) is 0 Å². The molecule has 0 bridgehead atoms. The maximum atomic E-state index is 10.7. The molecule has 0 aromatic rings. The van der Waals surface area contributed by atoms with E-state index in [1.54, 1.807) is 6.20 Å². The molecule has 0 saturated carbocycles. The van der Waals surface area contributed by atoms with Crippen molar-refractivity contribution in [3.8, 4) is 0 Å². The molecule has 0 saturated heterocycles.